The van der Waals surface area contributed by atoms with Crippen LogP contribution in [0.1, 0.15) is 36.4 Å². The summed E-state index contributed by atoms with van der Waals surface area (Å²) in [6.07, 6.45) is 2.23. The van der Waals surface area contributed by atoms with Gasteiger partial charge in [0.25, 0.3) is 0 Å². The molecule has 1 atom stereocenters. The molecule has 2 aliphatic heterocycles. The van der Waals surface area contributed by atoms with Crippen molar-refractivity contribution < 1.29 is 17.5 Å². The van der Waals surface area contributed by atoms with Crippen LogP contribution in [0.25, 0.3) is 11.3 Å². The first-order valence-corrected chi connectivity index (χ1v) is 16.0. The van der Waals surface area contributed by atoms with Gasteiger partial charge < -0.3 is 4.74 Å². The van der Waals surface area contributed by atoms with Crippen molar-refractivity contribution in [3.05, 3.63) is 93.0 Å². The van der Waals surface area contributed by atoms with E-state index in [4.69, 9.17) is 38.0 Å². The highest BCUT2D eigenvalue weighted by Crippen LogP contribution is 2.42. The van der Waals surface area contributed by atoms with Gasteiger partial charge in [0.15, 0.2) is 11.6 Å². The summed E-state index contributed by atoms with van der Waals surface area (Å²) in [6.45, 7) is 1.11. The lowest BCUT2D eigenvalue weighted by molar-refractivity contribution is 0.386. The quantitative estimate of drug-likeness (QED) is 0.213. The average molecular weight is 632 g/mol. The number of halogens is 3. The van der Waals surface area contributed by atoms with Crippen LogP contribution in [-0.4, -0.2) is 43.6 Å². The van der Waals surface area contributed by atoms with Crippen molar-refractivity contribution in [3.8, 4) is 17.0 Å². The van der Waals surface area contributed by atoms with Gasteiger partial charge in [-0.2, -0.15) is 9.41 Å². The zero-order valence-corrected chi connectivity index (χ0v) is 25.1. The lowest BCUT2D eigenvalue weighted by Gasteiger charge is -2.22. The predicted molar refractivity (Wildman–Crippen MR) is 161 cm³/mol. The maximum Gasteiger partial charge on any atom is 0.243 e. The lowest BCUT2D eigenvalue weighted by atomic mass is 9.98. The predicted octanol–water partition coefficient (Wildman–Crippen LogP) is 7.40. The molecular weight excluding hydrogens is 606 g/mol. The Morgan fingerprint density at radius 3 is 2.41 bits per heavy atom. The average Bonchev–Trinajstić information content (AvgIpc) is 3.74. The SMILES string of the molecule is COc1ccc(C2=NN(c3nc(-c4ccc(S(=O)(=O)N5CCCC5)cc4)cs3)C(c3ccc(Cl)cc3Cl)C2)cc1F. The van der Waals surface area contributed by atoms with E-state index in [9.17, 15) is 12.8 Å². The molecule has 0 radical (unpaired) electrons. The normalized spacial score (nSPS) is 17.7. The number of nitrogens with zero attached hydrogens (tertiary/aromatic N) is 4. The first-order valence-electron chi connectivity index (χ1n) is 13.0. The molecule has 0 N–H and O–H groups in total. The fraction of sp³-hybridized carbons (Fsp3) is 0.241. The molecule has 12 heteroatoms. The van der Waals surface area contributed by atoms with Crippen LogP contribution in [0.4, 0.5) is 9.52 Å². The maximum atomic E-state index is 14.6. The number of hydrogen-bond acceptors (Lipinski definition) is 7. The molecule has 1 aromatic heterocycles. The topological polar surface area (TPSA) is 75.1 Å². The van der Waals surface area contributed by atoms with Crippen LogP contribution in [0.3, 0.4) is 0 Å². The van der Waals surface area contributed by atoms with E-state index in [0.717, 1.165) is 24.0 Å². The van der Waals surface area contributed by atoms with Gasteiger partial charge in [0.2, 0.25) is 15.2 Å². The van der Waals surface area contributed by atoms with Crippen LogP contribution in [0, 0.1) is 5.82 Å². The van der Waals surface area contributed by atoms with Crippen molar-refractivity contribution in [1.29, 1.82) is 0 Å². The Morgan fingerprint density at radius 2 is 1.73 bits per heavy atom. The number of hydrazone groups is 1. The Morgan fingerprint density at radius 1 is 1.00 bits per heavy atom. The first-order chi connectivity index (χ1) is 19.7. The second kappa shape index (κ2) is 11.3. The lowest BCUT2D eigenvalue weighted by Crippen LogP contribution is -2.27. The smallest absolute Gasteiger partial charge is 0.243 e. The minimum atomic E-state index is -3.50. The van der Waals surface area contributed by atoms with E-state index in [2.05, 4.69) is 0 Å². The van der Waals surface area contributed by atoms with E-state index in [1.54, 1.807) is 53.5 Å². The second-order valence-corrected chi connectivity index (χ2v) is 13.4. The number of ether oxygens (including phenoxy) is 1. The van der Waals surface area contributed by atoms with E-state index in [1.807, 2.05) is 11.4 Å². The Hall–Kier alpha value is -3.02. The Balaban J connectivity index is 1.33. The summed E-state index contributed by atoms with van der Waals surface area (Å²) in [5.41, 5.74) is 3.60. The van der Waals surface area contributed by atoms with Crippen molar-refractivity contribution >= 4 is 55.4 Å². The number of hydrogen-bond donors (Lipinski definition) is 0. The number of sulfonamides is 1. The largest absolute Gasteiger partial charge is 0.494 e. The minimum absolute atomic E-state index is 0.158. The summed E-state index contributed by atoms with van der Waals surface area (Å²) >= 11 is 14.2. The van der Waals surface area contributed by atoms with E-state index in [0.29, 0.717) is 51.7 Å². The molecular formula is C29H25Cl2FN4O3S2. The molecule has 1 unspecified atom stereocenters. The minimum Gasteiger partial charge on any atom is -0.494 e. The summed E-state index contributed by atoms with van der Waals surface area (Å²) in [6, 6.07) is 16.6. The molecule has 0 spiro atoms. The molecule has 41 heavy (non-hydrogen) atoms. The molecule has 4 aromatic rings. The summed E-state index contributed by atoms with van der Waals surface area (Å²) in [5.74, 6) is -0.315. The monoisotopic (exact) mass is 630 g/mol. The Labute approximate surface area is 251 Å². The van der Waals surface area contributed by atoms with Gasteiger partial charge in [0.1, 0.15) is 0 Å². The molecule has 0 aliphatic carbocycles. The third-order valence-electron chi connectivity index (χ3n) is 7.26. The van der Waals surface area contributed by atoms with E-state index in [-0.39, 0.29) is 16.7 Å². The van der Waals surface area contributed by atoms with Crippen molar-refractivity contribution in [2.45, 2.75) is 30.2 Å². The maximum absolute atomic E-state index is 14.6. The molecule has 3 heterocycles. The molecule has 3 aromatic carbocycles. The Bertz CT molecular complexity index is 1740. The molecule has 7 nitrogen and oxygen atoms in total. The van der Waals surface area contributed by atoms with Crippen LogP contribution >= 0.6 is 34.5 Å². The highest BCUT2D eigenvalue weighted by Gasteiger charge is 2.33. The molecule has 0 bridgehead atoms. The van der Waals surface area contributed by atoms with Crippen LogP contribution in [-0.2, 0) is 10.0 Å². The van der Waals surface area contributed by atoms with Gasteiger partial charge >= 0.3 is 0 Å². The third kappa shape index (κ3) is 5.47. The van der Waals surface area contributed by atoms with Gasteiger partial charge in [-0.05, 0) is 60.9 Å². The van der Waals surface area contributed by atoms with E-state index < -0.39 is 15.8 Å². The number of benzene rings is 3. The summed E-state index contributed by atoms with van der Waals surface area (Å²) in [7, 11) is -2.08. The number of thiazole rings is 1. The van der Waals surface area contributed by atoms with Crippen molar-refractivity contribution in [3.63, 3.8) is 0 Å². The van der Waals surface area contributed by atoms with Crippen molar-refractivity contribution in [2.75, 3.05) is 25.2 Å². The van der Waals surface area contributed by atoms with Gasteiger partial charge in [-0.1, -0.05) is 41.4 Å². The molecule has 6 rings (SSSR count). The fourth-order valence-corrected chi connectivity index (χ4v) is 7.98. The van der Waals surface area contributed by atoms with Crippen LogP contribution in [0.15, 0.2) is 76.0 Å². The number of methoxy groups -OCH3 is 1. The molecule has 2 aliphatic rings. The number of rotatable bonds is 7. The third-order valence-corrected chi connectivity index (χ3v) is 10.6. The van der Waals surface area contributed by atoms with Gasteiger partial charge in [-0.3, -0.25) is 0 Å². The van der Waals surface area contributed by atoms with Crippen molar-refractivity contribution in [2.24, 2.45) is 5.10 Å². The molecule has 0 amide bonds. The first kappa shape index (κ1) is 28.1. The summed E-state index contributed by atoms with van der Waals surface area (Å²) in [5, 5.41) is 10.2. The molecule has 0 saturated carbocycles. The Kier molecular flexibility index (Phi) is 7.78. The summed E-state index contributed by atoms with van der Waals surface area (Å²) < 4.78 is 47.0. The van der Waals surface area contributed by atoms with Crippen LogP contribution < -0.4 is 9.75 Å². The van der Waals surface area contributed by atoms with Gasteiger partial charge in [-0.15, -0.1) is 11.3 Å². The van der Waals surface area contributed by atoms with E-state index >= 15 is 0 Å². The standard InChI is InChI=1S/C29H25Cl2FN4O3S2/c1-39-28-11-6-19(14-24(28)32)25-16-27(22-10-7-20(30)15-23(22)31)36(34-25)29-33-26(17-40-29)18-4-8-21(9-5-18)41(37,38)35-12-2-3-13-35/h4-11,14-15,17,27H,2-3,12-13,16H2,1H3. The molecule has 212 valence electrons. The van der Waals surface area contributed by atoms with Gasteiger partial charge in [0, 0.05) is 46.1 Å². The zero-order chi connectivity index (χ0) is 28.7. The second-order valence-electron chi connectivity index (χ2n) is 9.78. The highest BCUT2D eigenvalue weighted by atomic mass is 35.5. The van der Waals surface area contributed by atoms with Crippen LogP contribution in [0.5, 0.6) is 5.75 Å². The highest BCUT2D eigenvalue weighted by molar-refractivity contribution is 7.89. The van der Waals surface area contributed by atoms with Crippen molar-refractivity contribution in [1.82, 2.24) is 9.29 Å². The number of aromatic nitrogens is 1. The van der Waals surface area contributed by atoms with Crippen LogP contribution in [0.2, 0.25) is 10.0 Å². The van der Waals surface area contributed by atoms with Gasteiger partial charge in [0.05, 0.1) is 29.5 Å². The molecule has 1 saturated heterocycles. The van der Waals surface area contributed by atoms with Gasteiger partial charge in [-0.25, -0.2) is 22.8 Å². The van der Waals surface area contributed by atoms with E-state index in [1.165, 1.54) is 28.8 Å². The summed E-state index contributed by atoms with van der Waals surface area (Å²) in [4.78, 5) is 5.12. The zero-order valence-electron chi connectivity index (χ0n) is 21.9. The fourth-order valence-electron chi connectivity index (χ4n) is 5.10. The molecule has 1 fully saturated rings. The number of anilines is 1.